The van der Waals surface area contributed by atoms with Crippen LogP contribution in [0.3, 0.4) is 0 Å². The number of rotatable bonds is 1. The smallest absolute Gasteiger partial charge is 0.178 e. The summed E-state index contributed by atoms with van der Waals surface area (Å²) in [7, 11) is 0. The van der Waals surface area contributed by atoms with Gasteiger partial charge in [-0.2, -0.15) is 0 Å². The number of fused-ring (bicyclic) bond motifs is 1. The molecule has 3 rings (SSSR count). The van der Waals surface area contributed by atoms with Crippen LogP contribution in [-0.2, 0) is 0 Å². The molecule has 19 heavy (non-hydrogen) atoms. The normalized spacial score (nSPS) is 23.9. The number of hydrogen-bond donors (Lipinski definition) is 1. The maximum atomic E-state index is 6.14. The number of hydrogen-bond acceptors (Lipinski definition) is 1. The minimum atomic E-state index is 0.481. The first-order valence-electron chi connectivity index (χ1n) is 6.65. The topological polar surface area (TPSA) is 20.7 Å². The van der Waals surface area contributed by atoms with Crippen LogP contribution in [-0.4, -0.2) is 9.55 Å². The van der Waals surface area contributed by atoms with E-state index in [-0.39, 0.29) is 0 Å². The van der Waals surface area contributed by atoms with Crippen molar-refractivity contribution in [1.29, 1.82) is 0 Å². The van der Waals surface area contributed by atoms with E-state index in [1.54, 1.807) is 0 Å². The number of nitrogens with zero attached hydrogens (tertiary/aromatic N) is 1. The van der Waals surface area contributed by atoms with Gasteiger partial charge in [0.2, 0.25) is 0 Å². The van der Waals surface area contributed by atoms with Crippen LogP contribution in [0.25, 0.3) is 11.0 Å². The Labute approximate surface area is 127 Å². The second-order valence-corrected chi connectivity index (χ2v) is 6.70. The van der Waals surface area contributed by atoms with Crippen LogP contribution >= 0.6 is 35.4 Å². The molecule has 1 fully saturated rings. The van der Waals surface area contributed by atoms with Gasteiger partial charge in [0.1, 0.15) is 0 Å². The molecule has 2 nitrogen and oxygen atoms in total. The maximum absolute atomic E-state index is 6.14. The number of aromatic amines is 1. The van der Waals surface area contributed by atoms with Crippen molar-refractivity contribution in [3.05, 3.63) is 26.9 Å². The summed E-state index contributed by atoms with van der Waals surface area (Å²) >= 11 is 17.7. The van der Waals surface area contributed by atoms with E-state index in [0.29, 0.717) is 16.1 Å². The lowest BCUT2D eigenvalue weighted by Gasteiger charge is -2.27. The van der Waals surface area contributed by atoms with Gasteiger partial charge in [-0.1, -0.05) is 30.1 Å². The van der Waals surface area contributed by atoms with E-state index in [1.165, 1.54) is 25.7 Å². The Balaban J connectivity index is 2.10. The average Bonchev–Trinajstić information content (AvgIpc) is 2.67. The summed E-state index contributed by atoms with van der Waals surface area (Å²) in [6, 6.07) is 4.26. The Morgan fingerprint density at radius 3 is 2.47 bits per heavy atom. The third kappa shape index (κ3) is 2.44. The Morgan fingerprint density at radius 2 is 1.79 bits per heavy atom. The molecule has 1 aliphatic carbocycles. The maximum Gasteiger partial charge on any atom is 0.178 e. The second-order valence-electron chi connectivity index (χ2n) is 5.50. The van der Waals surface area contributed by atoms with Crippen LogP contribution in [0.1, 0.15) is 38.6 Å². The van der Waals surface area contributed by atoms with Gasteiger partial charge >= 0.3 is 0 Å². The van der Waals surface area contributed by atoms with Crippen molar-refractivity contribution in [2.45, 2.75) is 38.6 Å². The van der Waals surface area contributed by atoms with E-state index in [4.69, 9.17) is 35.4 Å². The number of halogens is 2. The molecule has 1 N–H and O–H groups in total. The predicted octanol–water partition coefficient (Wildman–Crippen LogP) is 5.76. The zero-order valence-corrected chi connectivity index (χ0v) is 13.1. The molecule has 1 aliphatic rings. The van der Waals surface area contributed by atoms with Crippen LogP contribution in [0, 0.1) is 10.7 Å². The monoisotopic (exact) mass is 314 g/mol. The van der Waals surface area contributed by atoms with Crippen LogP contribution in [0.5, 0.6) is 0 Å². The first-order valence-corrected chi connectivity index (χ1v) is 7.82. The minimum absolute atomic E-state index is 0.481. The summed E-state index contributed by atoms with van der Waals surface area (Å²) in [4.78, 5) is 3.24. The van der Waals surface area contributed by atoms with E-state index in [2.05, 4.69) is 16.5 Å². The molecular weight excluding hydrogens is 299 g/mol. The second kappa shape index (κ2) is 5.12. The molecule has 0 spiro atoms. The predicted molar refractivity (Wildman–Crippen MR) is 83.8 cm³/mol. The third-order valence-corrected chi connectivity index (χ3v) is 5.13. The quantitative estimate of drug-likeness (QED) is 0.664. The highest BCUT2D eigenvalue weighted by atomic mass is 35.5. The molecule has 102 valence electrons. The van der Waals surface area contributed by atoms with Crippen molar-refractivity contribution < 1.29 is 0 Å². The molecule has 2 aromatic rings. The molecule has 1 saturated carbocycles. The lowest BCUT2D eigenvalue weighted by Crippen LogP contribution is -2.16. The van der Waals surface area contributed by atoms with Crippen molar-refractivity contribution >= 4 is 46.5 Å². The van der Waals surface area contributed by atoms with E-state index in [9.17, 15) is 0 Å². The van der Waals surface area contributed by atoms with Gasteiger partial charge in [0.05, 0.1) is 21.1 Å². The van der Waals surface area contributed by atoms with E-state index < -0.39 is 0 Å². The molecule has 1 heterocycles. The zero-order chi connectivity index (χ0) is 13.6. The third-order valence-electron chi connectivity index (χ3n) is 4.11. The van der Waals surface area contributed by atoms with Crippen LogP contribution in [0.15, 0.2) is 12.1 Å². The summed E-state index contributed by atoms with van der Waals surface area (Å²) in [5.41, 5.74) is 2.04. The first-order chi connectivity index (χ1) is 9.06. The molecule has 0 saturated heterocycles. The van der Waals surface area contributed by atoms with Gasteiger partial charge < -0.3 is 9.55 Å². The van der Waals surface area contributed by atoms with Crippen LogP contribution < -0.4 is 0 Å². The molecule has 1 aromatic carbocycles. The highest BCUT2D eigenvalue weighted by Crippen LogP contribution is 2.36. The summed E-state index contributed by atoms with van der Waals surface area (Å²) in [6.07, 6.45) is 4.90. The lowest BCUT2D eigenvalue weighted by molar-refractivity contribution is 0.292. The van der Waals surface area contributed by atoms with Gasteiger partial charge in [0.15, 0.2) is 4.77 Å². The number of H-pyrrole nitrogens is 1. The Morgan fingerprint density at radius 1 is 1.16 bits per heavy atom. The van der Waals surface area contributed by atoms with E-state index >= 15 is 0 Å². The highest BCUT2D eigenvalue weighted by Gasteiger charge is 2.22. The van der Waals surface area contributed by atoms with Crippen molar-refractivity contribution in [2.75, 3.05) is 0 Å². The Kier molecular flexibility index (Phi) is 3.63. The molecule has 0 atom stereocenters. The van der Waals surface area contributed by atoms with E-state index in [1.807, 2.05) is 12.1 Å². The van der Waals surface area contributed by atoms with Crippen molar-refractivity contribution in [1.82, 2.24) is 9.55 Å². The minimum Gasteiger partial charge on any atom is -0.331 e. The Bertz CT molecular complexity index is 666. The first kappa shape index (κ1) is 13.5. The molecule has 0 unspecified atom stereocenters. The van der Waals surface area contributed by atoms with Gasteiger partial charge in [-0.3, -0.25) is 0 Å². The van der Waals surface area contributed by atoms with Crippen LogP contribution in [0.2, 0.25) is 10.0 Å². The number of imidazole rings is 1. The fraction of sp³-hybridized carbons (Fsp3) is 0.500. The number of aromatic nitrogens is 2. The molecule has 1 aromatic heterocycles. The molecule has 5 heteroatoms. The number of nitrogens with one attached hydrogen (secondary N) is 1. The fourth-order valence-corrected chi connectivity index (χ4v) is 3.66. The summed E-state index contributed by atoms with van der Waals surface area (Å²) in [5.74, 6) is 0.827. The Hall–Kier alpha value is -0.510. The highest BCUT2D eigenvalue weighted by molar-refractivity contribution is 7.71. The fourth-order valence-electron chi connectivity index (χ4n) is 2.98. The molecule has 0 aliphatic heterocycles. The molecular formula is C14H16Cl2N2S. The van der Waals surface area contributed by atoms with E-state index in [0.717, 1.165) is 21.7 Å². The van der Waals surface area contributed by atoms with Crippen molar-refractivity contribution in [2.24, 2.45) is 5.92 Å². The molecule has 0 radical (unpaired) electrons. The van der Waals surface area contributed by atoms with Gasteiger partial charge in [-0.15, -0.1) is 0 Å². The summed E-state index contributed by atoms with van der Waals surface area (Å²) < 4.78 is 2.99. The summed E-state index contributed by atoms with van der Waals surface area (Å²) in [6.45, 7) is 2.32. The summed E-state index contributed by atoms with van der Waals surface area (Å²) in [5, 5.41) is 1.15. The zero-order valence-electron chi connectivity index (χ0n) is 10.7. The lowest BCUT2D eigenvalue weighted by atomic mass is 9.87. The average molecular weight is 315 g/mol. The molecule has 0 bridgehead atoms. The molecule has 0 amide bonds. The van der Waals surface area contributed by atoms with Gasteiger partial charge in [0, 0.05) is 6.04 Å². The SMILES string of the molecule is CC1CCC(n2c(=S)[nH]c3cc(Cl)c(Cl)cc32)CC1. The van der Waals surface area contributed by atoms with Gasteiger partial charge in [-0.25, -0.2) is 0 Å². The van der Waals surface area contributed by atoms with Crippen molar-refractivity contribution in [3.63, 3.8) is 0 Å². The number of benzene rings is 1. The van der Waals surface area contributed by atoms with Crippen molar-refractivity contribution in [3.8, 4) is 0 Å². The largest absolute Gasteiger partial charge is 0.331 e. The van der Waals surface area contributed by atoms with Gasteiger partial charge in [-0.05, 0) is 56.0 Å². The van der Waals surface area contributed by atoms with Crippen LogP contribution in [0.4, 0.5) is 0 Å². The standard InChI is InChI=1S/C14H16Cl2N2S/c1-8-2-4-9(5-3-8)18-13-7-11(16)10(15)6-12(13)17-14(18)19/h6-9H,2-5H2,1H3,(H,17,19). The van der Waals surface area contributed by atoms with Gasteiger partial charge in [0.25, 0.3) is 0 Å².